The summed E-state index contributed by atoms with van der Waals surface area (Å²) in [5.74, 6) is 1.59. The number of methoxy groups -OCH3 is 1. The average molecular weight is 462 g/mol. The molecule has 1 unspecified atom stereocenters. The van der Waals surface area contributed by atoms with Crippen LogP contribution in [0.4, 0.5) is 0 Å². The van der Waals surface area contributed by atoms with Crippen molar-refractivity contribution >= 4 is 5.91 Å². The summed E-state index contributed by atoms with van der Waals surface area (Å²) in [5, 5.41) is 3.51. The lowest BCUT2D eigenvalue weighted by Crippen LogP contribution is -2.61. The van der Waals surface area contributed by atoms with Gasteiger partial charge in [-0.1, -0.05) is 50.2 Å². The Morgan fingerprint density at radius 1 is 1.06 bits per heavy atom. The summed E-state index contributed by atoms with van der Waals surface area (Å²) in [6, 6.07) is 17.5. The number of piperazine rings is 1. The van der Waals surface area contributed by atoms with E-state index in [2.05, 4.69) is 65.4 Å². The van der Waals surface area contributed by atoms with E-state index in [1.807, 2.05) is 12.1 Å². The molecule has 3 fully saturated rings. The van der Waals surface area contributed by atoms with Crippen molar-refractivity contribution in [2.45, 2.75) is 64.1 Å². The fraction of sp³-hybridized carbons (Fsp3) is 0.552. The summed E-state index contributed by atoms with van der Waals surface area (Å²) in [4.78, 5) is 18.3. The van der Waals surface area contributed by atoms with Crippen LogP contribution in [-0.4, -0.2) is 55.0 Å². The van der Waals surface area contributed by atoms with Gasteiger partial charge in [0.2, 0.25) is 5.91 Å². The highest BCUT2D eigenvalue weighted by Gasteiger charge is 2.50. The van der Waals surface area contributed by atoms with E-state index >= 15 is 0 Å². The molecule has 1 amide bonds. The third-order valence-electron chi connectivity index (χ3n) is 8.35. The van der Waals surface area contributed by atoms with E-state index < -0.39 is 0 Å². The van der Waals surface area contributed by atoms with Crippen LogP contribution in [-0.2, 0) is 11.3 Å². The molecule has 34 heavy (non-hydrogen) atoms. The highest BCUT2D eigenvalue weighted by molar-refractivity contribution is 5.80. The van der Waals surface area contributed by atoms with E-state index in [0.717, 1.165) is 31.9 Å². The van der Waals surface area contributed by atoms with Gasteiger partial charge in [0.1, 0.15) is 5.75 Å². The van der Waals surface area contributed by atoms with Gasteiger partial charge in [-0.25, -0.2) is 0 Å². The first-order valence-corrected chi connectivity index (χ1v) is 12.9. The van der Waals surface area contributed by atoms with Crippen LogP contribution in [0.15, 0.2) is 48.5 Å². The maximum atomic E-state index is 13.7. The summed E-state index contributed by atoms with van der Waals surface area (Å²) in [7, 11) is 1.69. The Hall–Kier alpha value is -2.37. The van der Waals surface area contributed by atoms with E-state index in [4.69, 9.17) is 4.74 Å². The van der Waals surface area contributed by atoms with Gasteiger partial charge in [0, 0.05) is 19.1 Å². The molecular formula is C29H39N3O2. The number of carbonyl (C=O) groups excluding carboxylic acids is 1. The van der Waals surface area contributed by atoms with Crippen LogP contribution in [0.2, 0.25) is 0 Å². The number of hydrogen-bond donors (Lipinski definition) is 1. The number of carbonyl (C=O) groups is 1. The summed E-state index contributed by atoms with van der Waals surface area (Å²) in [5.41, 5.74) is 4.37. The Kier molecular flexibility index (Phi) is 6.67. The average Bonchev–Trinajstić information content (AvgIpc) is 2.83. The first-order valence-electron chi connectivity index (χ1n) is 12.9. The van der Waals surface area contributed by atoms with Gasteiger partial charge in [0.25, 0.3) is 0 Å². The Bertz CT molecular complexity index is 989. The van der Waals surface area contributed by atoms with Gasteiger partial charge in [0.05, 0.1) is 19.7 Å². The molecule has 0 aromatic heterocycles. The lowest BCUT2D eigenvalue weighted by atomic mass is 9.60. The Morgan fingerprint density at radius 2 is 1.76 bits per heavy atom. The van der Waals surface area contributed by atoms with Crippen LogP contribution in [0.5, 0.6) is 5.75 Å². The molecule has 1 atom stereocenters. The fourth-order valence-electron chi connectivity index (χ4n) is 6.50. The lowest BCUT2D eigenvalue weighted by Gasteiger charge is -2.57. The Morgan fingerprint density at radius 3 is 2.44 bits per heavy atom. The van der Waals surface area contributed by atoms with Gasteiger partial charge in [-0.3, -0.25) is 9.69 Å². The zero-order chi connectivity index (χ0) is 23.7. The van der Waals surface area contributed by atoms with E-state index in [9.17, 15) is 4.79 Å². The molecule has 5 rings (SSSR count). The minimum atomic E-state index is 0.113. The molecule has 1 aliphatic carbocycles. The second-order valence-electron chi connectivity index (χ2n) is 10.9. The van der Waals surface area contributed by atoms with Gasteiger partial charge in [-0.15, -0.1) is 0 Å². The summed E-state index contributed by atoms with van der Waals surface area (Å²) in [6.07, 6.45) is 4.84. The highest BCUT2D eigenvalue weighted by Crippen LogP contribution is 2.52. The van der Waals surface area contributed by atoms with Gasteiger partial charge >= 0.3 is 0 Å². The van der Waals surface area contributed by atoms with E-state index in [0.29, 0.717) is 23.9 Å². The number of rotatable bonds is 6. The number of nitrogens with one attached hydrogen (secondary N) is 1. The maximum Gasteiger partial charge on any atom is 0.237 e. The fourth-order valence-corrected chi connectivity index (χ4v) is 6.50. The van der Waals surface area contributed by atoms with Crippen LogP contribution < -0.4 is 10.1 Å². The third kappa shape index (κ3) is 4.60. The maximum absolute atomic E-state index is 13.7. The van der Waals surface area contributed by atoms with Crippen molar-refractivity contribution in [3.8, 4) is 5.75 Å². The first kappa shape index (κ1) is 23.4. The Labute approximate surface area is 204 Å². The van der Waals surface area contributed by atoms with Gasteiger partial charge in [-0.2, -0.15) is 0 Å². The van der Waals surface area contributed by atoms with Crippen molar-refractivity contribution in [2.75, 3.05) is 33.3 Å². The molecule has 2 aliphatic heterocycles. The molecule has 2 heterocycles. The van der Waals surface area contributed by atoms with Crippen molar-refractivity contribution in [3.63, 3.8) is 0 Å². The second-order valence-corrected chi connectivity index (χ2v) is 10.9. The Balaban J connectivity index is 1.40. The van der Waals surface area contributed by atoms with Crippen molar-refractivity contribution in [1.29, 1.82) is 0 Å². The predicted octanol–water partition coefficient (Wildman–Crippen LogP) is 4.74. The predicted molar refractivity (Wildman–Crippen MR) is 136 cm³/mol. The van der Waals surface area contributed by atoms with Gasteiger partial charge in [0.15, 0.2) is 0 Å². The minimum absolute atomic E-state index is 0.113. The molecule has 0 radical (unpaired) electrons. The normalized spacial score (nSPS) is 23.4. The van der Waals surface area contributed by atoms with Crippen LogP contribution in [0.3, 0.4) is 0 Å². The molecule has 5 heteroatoms. The molecule has 1 N–H and O–H groups in total. The standard InChI is InChI=1S/C29H39N3O2/c1-21(2)25-6-4-5-7-26(25)27-19-31(18-22-8-10-24(34-3)11-9-22)20-28(33)32(27)23-16-29(17-23)12-14-30-15-13-29/h4-11,21,23,27,30H,12-20H2,1-3H3. The first-order chi connectivity index (χ1) is 16.5. The van der Waals surface area contributed by atoms with Crippen LogP contribution >= 0.6 is 0 Å². The number of nitrogens with zero attached hydrogens (tertiary/aromatic N) is 2. The molecule has 2 aromatic rings. The number of piperidine rings is 1. The highest BCUT2D eigenvalue weighted by atomic mass is 16.5. The molecular weight excluding hydrogens is 422 g/mol. The summed E-state index contributed by atoms with van der Waals surface area (Å²) >= 11 is 0. The molecule has 2 aromatic carbocycles. The number of benzene rings is 2. The molecule has 0 bridgehead atoms. The van der Waals surface area contributed by atoms with E-state index in [1.54, 1.807) is 7.11 Å². The monoisotopic (exact) mass is 461 g/mol. The molecule has 182 valence electrons. The molecule has 1 saturated carbocycles. The zero-order valence-electron chi connectivity index (χ0n) is 20.9. The number of amides is 1. The summed E-state index contributed by atoms with van der Waals surface area (Å²) < 4.78 is 5.32. The molecule has 3 aliphatic rings. The van der Waals surface area contributed by atoms with Crippen molar-refractivity contribution in [2.24, 2.45) is 5.41 Å². The van der Waals surface area contributed by atoms with Crippen LogP contribution in [0, 0.1) is 5.41 Å². The van der Waals surface area contributed by atoms with Gasteiger partial charge in [-0.05, 0) is 78.9 Å². The van der Waals surface area contributed by atoms with Crippen molar-refractivity contribution in [1.82, 2.24) is 15.1 Å². The van der Waals surface area contributed by atoms with Gasteiger partial charge < -0.3 is 15.0 Å². The van der Waals surface area contributed by atoms with Crippen molar-refractivity contribution in [3.05, 3.63) is 65.2 Å². The van der Waals surface area contributed by atoms with E-state index in [1.165, 1.54) is 42.4 Å². The third-order valence-corrected chi connectivity index (χ3v) is 8.35. The lowest BCUT2D eigenvalue weighted by molar-refractivity contribution is -0.152. The molecule has 1 spiro atoms. The topological polar surface area (TPSA) is 44.8 Å². The van der Waals surface area contributed by atoms with Crippen LogP contribution in [0.25, 0.3) is 0 Å². The summed E-state index contributed by atoms with van der Waals surface area (Å²) in [6.45, 7) is 8.92. The van der Waals surface area contributed by atoms with Crippen LogP contribution in [0.1, 0.15) is 68.2 Å². The second kappa shape index (κ2) is 9.71. The zero-order valence-corrected chi connectivity index (χ0v) is 20.9. The SMILES string of the molecule is COc1ccc(CN2CC(=O)N(C3CC4(CCNCC4)C3)C(c3ccccc3C(C)C)C2)cc1. The van der Waals surface area contributed by atoms with Crippen molar-refractivity contribution < 1.29 is 9.53 Å². The molecule has 5 nitrogen and oxygen atoms in total. The smallest absolute Gasteiger partial charge is 0.237 e. The largest absolute Gasteiger partial charge is 0.497 e. The molecule has 2 saturated heterocycles. The number of hydrogen-bond acceptors (Lipinski definition) is 4. The minimum Gasteiger partial charge on any atom is -0.497 e. The van der Waals surface area contributed by atoms with E-state index in [-0.39, 0.29) is 11.9 Å². The quantitative estimate of drug-likeness (QED) is 0.675. The number of ether oxygens (including phenoxy) is 1.